The number of nitrogens with zero attached hydrogens (tertiary/aromatic N) is 2. The van der Waals surface area contributed by atoms with Crippen molar-refractivity contribution >= 4 is 28.4 Å². The van der Waals surface area contributed by atoms with Gasteiger partial charge in [0.1, 0.15) is 6.54 Å². The number of hydrogen-bond acceptors (Lipinski definition) is 4. The molecule has 0 spiro atoms. The number of fused-ring (bicyclic) bond motifs is 1. The first-order chi connectivity index (χ1) is 17.2. The van der Waals surface area contributed by atoms with E-state index in [0.29, 0.717) is 16.6 Å². The maximum atomic E-state index is 13.4. The van der Waals surface area contributed by atoms with E-state index in [0.717, 1.165) is 21.4 Å². The first kappa shape index (κ1) is 24.7. The van der Waals surface area contributed by atoms with Crippen molar-refractivity contribution in [3.05, 3.63) is 105 Å². The molecule has 1 aromatic heterocycles. The first-order valence-corrected chi connectivity index (χ1v) is 11.7. The van der Waals surface area contributed by atoms with Gasteiger partial charge in [-0.3, -0.25) is 19.0 Å². The maximum Gasteiger partial charge on any atom is 0.336 e. The Balaban J connectivity index is 1.65. The van der Waals surface area contributed by atoms with Crippen LogP contribution in [0.2, 0.25) is 0 Å². The van der Waals surface area contributed by atoms with Gasteiger partial charge in [-0.05, 0) is 68.3 Å². The van der Waals surface area contributed by atoms with Gasteiger partial charge < -0.3 is 10.6 Å². The van der Waals surface area contributed by atoms with Crippen LogP contribution in [0, 0.1) is 6.92 Å². The summed E-state index contributed by atoms with van der Waals surface area (Å²) in [5.74, 6) is -0.493. The van der Waals surface area contributed by atoms with Crippen molar-refractivity contribution in [3.63, 3.8) is 0 Å². The molecule has 1 heterocycles. The van der Waals surface area contributed by atoms with Crippen LogP contribution in [-0.2, 0) is 22.6 Å². The minimum absolute atomic E-state index is 0.0824. The third-order valence-corrected chi connectivity index (χ3v) is 5.66. The van der Waals surface area contributed by atoms with Gasteiger partial charge in [-0.25, -0.2) is 9.36 Å². The summed E-state index contributed by atoms with van der Waals surface area (Å²) < 4.78 is 2.36. The fourth-order valence-corrected chi connectivity index (χ4v) is 4.09. The predicted molar refractivity (Wildman–Crippen MR) is 141 cm³/mol. The number of rotatable bonds is 7. The highest BCUT2D eigenvalue weighted by atomic mass is 16.2. The van der Waals surface area contributed by atoms with Crippen LogP contribution in [0.5, 0.6) is 0 Å². The molecule has 0 bridgehead atoms. The van der Waals surface area contributed by atoms with Crippen molar-refractivity contribution in [1.29, 1.82) is 0 Å². The molecule has 8 nitrogen and oxygen atoms in total. The predicted octanol–water partition coefficient (Wildman–Crippen LogP) is 3.17. The zero-order valence-electron chi connectivity index (χ0n) is 20.4. The summed E-state index contributed by atoms with van der Waals surface area (Å²) in [6.45, 7) is 5.41. The summed E-state index contributed by atoms with van der Waals surface area (Å²) in [5, 5.41) is 5.98. The second-order valence-electron chi connectivity index (χ2n) is 9.01. The van der Waals surface area contributed by atoms with E-state index in [1.165, 1.54) is 4.57 Å². The van der Waals surface area contributed by atoms with Gasteiger partial charge in [-0.1, -0.05) is 36.4 Å². The van der Waals surface area contributed by atoms with Gasteiger partial charge in [-0.15, -0.1) is 0 Å². The largest absolute Gasteiger partial charge is 0.352 e. The van der Waals surface area contributed by atoms with Crippen LogP contribution in [0.1, 0.15) is 25.0 Å². The topological polar surface area (TPSA) is 102 Å². The number of hydrogen-bond donors (Lipinski definition) is 2. The van der Waals surface area contributed by atoms with Crippen molar-refractivity contribution < 1.29 is 9.59 Å². The normalized spacial score (nSPS) is 11.0. The van der Waals surface area contributed by atoms with Crippen LogP contribution in [0.3, 0.4) is 0 Å². The molecular formula is C28H28N4O4. The third kappa shape index (κ3) is 5.43. The molecule has 0 aliphatic carbocycles. The van der Waals surface area contributed by atoms with E-state index in [1.807, 2.05) is 45.0 Å². The highest BCUT2D eigenvalue weighted by Crippen LogP contribution is 2.13. The van der Waals surface area contributed by atoms with Crippen LogP contribution in [0.25, 0.3) is 16.6 Å². The summed E-state index contributed by atoms with van der Waals surface area (Å²) in [6.07, 6.45) is 0.139. The van der Waals surface area contributed by atoms with Gasteiger partial charge >= 0.3 is 5.69 Å². The minimum Gasteiger partial charge on any atom is -0.352 e. The quantitative estimate of drug-likeness (QED) is 0.421. The highest BCUT2D eigenvalue weighted by molar-refractivity contribution is 5.92. The average Bonchev–Trinajstić information content (AvgIpc) is 2.82. The SMILES string of the molecule is Cc1cccc(NC(=O)Cc2ccc(-n3c(=O)c4ccccc4n(CC(=O)NC(C)C)c3=O)cc2)c1. The monoisotopic (exact) mass is 484 g/mol. The number of aromatic nitrogens is 2. The molecule has 0 radical (unpaired) electrons. The van der Waals surface area contributed by atoms with Gasteiger partial charge in [0.05, 0.1) is 23.0 Å². The van der Waals surface area contributed by atoms with Crippen LogP contribution < -0.4 is 21.9 Å². The van der Waals surface area contributed by atoms with E-state index in [-0.39, 0.29) is 30.8 Å². The van der Waals surface area contributed by atoms with Crippen molar-refractivity contribution in [2.24, 2.45) is 0 Å². The molecule has 0 aliphatic rings. The number of carbonyl (C=O) groups is 2. The van der Waals surface area contributed by atoms with Gasteiger partial charge in [0.25, 0.3) is 5.56 Å². The fourth-order valence-electron chi connectivity index (χ4n) is 4.09. The Kier molecular flexibility index (Phi) is 7.15. The summed E-state index contributed by atoms with van der Waals surface area (Å²) in [7, 11) is 0. The van der Waals surface area contributed by atoms with E-state index < -0.39 is 11.2 Å². The van der Waals surface area contributed by atoms with Gasteiger partial charge in [0, 0.05) is 11.7 Å². The zero-order chi connectivity index (χ0) is 25.8. The number of amides is 2. The molecule has 0 fully saturated rings. The van der Waals surface area contributed by atoms with Crippen LogP contribution >= 0.6 is 0 Å². The van der Waals surface area contributed by atoms with Crippen LogP contribution in [0.4, 0.5) is 5.69 Å². The second-order valence-corrected chi connectivity index (χ2v) is 9.01. The lowest BCUT2D eigenvalue weighted by Gasteiger charge is -2.15. The lowest BCUT2D eigenvalue weighted by molar-refractivity contribution is -0.122. The zero-order valence-corrected chi connectivity index (χ0v) is 20.4. The summed E-state index contributed by atoms with van der Waals surface area (Å²) in [4.78, 5) is 51.6. The Labute approximate surface area is 208 Å². The lowest BCUT2D eigenvalue weighted by Crippen LogP contribution is -2.42. The van der Waals surface area contributed by atoms with E-state index in [1.54, 1.807) is 48.5 Å². The molecule has 3 aromatic carbocycles. The van der Waals surface area contributed by atoms with Crippen molar-refractivity contribution in [1.82, 2.24) is 14.5 Å². The number of nitrogens with one attached hydrogen (secondary N) is 2. The summed E-state index contributed by atoms with van der Waals surface area (Å²) in [6, 6.07) is 20.9. The molecule has 4 aromatic rings. The number of anilines is 1. The van der Waals surface area contributed by atoms with E-state index in [2.05, 4.69) is 10.6 Å². The smallest absolute Gasteiger partial charge is 0.336 e. The molecule has 4 rings (SSSR count). The second kappa shape index (κ2) is 10.4. The van der Waals surface area contributed by atoms with Gasteiger partial charge in [0.15, 0.2) is 0 Å². The van der Waals surface area contributed by atoms with Gasteiger partial charge in [-0.2, -0.15) is 0 Å². The molecule has 0 atom stereocenters. The number of aryl methyl sites for hydroxylation is 1. The molecule has 8 heteroatoms. The summed E-state index contributed by atoms with van der Waals surface area (Å²) in [5.41, 5.74) is 2.17. The Bertz CT molecular complexity index is 1550. The Morgan fingerprint density at radius 1 is 0.889 bits per heavy atom. The Morgan fingerprint density at radius 2 is 1.61 bits per heavy atom. The molecule has 2 amide bonds. The maximum absolute atomic E-state index is 13.4. The molecule has 0 aliphatic heterocycles. The van der Waals surface area contributed by atoms with Crippen LogP contribution in [0.15, 0.2) is 82.4 Å². The van der Waals surface area contributed by atoms with Crippen molar-refractivity contribution in [3.8, 4) is 5.69 Å². The molecule has 36 heavy (non-hydrogen) atoms. The van der Waals surface area contributed by atoms with Gasteiger partial charge in [0.2, 0.25) is 11.8 Å². The average molecular weight is 485 g/mol. The molecule has 0 unspecified atom stereocenters. The molecule has 0 saturated carbocycles. The van der Waals surface area contributed by atoms with E-state index >= 15 is 0 Å². The molecule has 0 saturated heterocycles. The number of benzene rings is 3. The fraction of sp³-hybridized carbons (Fsp3) is 0.214. The van der Waals surface area contributed by atoms with Crippen molar-refractivity contribution in [2.45, 2.75) is 39.8 Å². The molecular weight excluding hydrogens is 456 g/mol. The number of para-hydroxylation sites is 1. The number of carbonyl (C=O) groups excluding carboxylic acids is 2. The van der Waals surface area contributed by atoms with E-state index in [9.17, 15) is 19.2 Å². The Hall–Kier alpha value is -4.46. The molecule has 2 N–H and O–H groups in total. The standard InChI is InChI=1S/C28H28N4O4/c1-18(2)29-26(34)17-31-24-10-5-4-9-23(24)27(35)32(28(31)36)22-13-11-20(12-14-22)16-25(33)30-21-8-6-7-19(3)15-21/h4-15,18H,16-17H2,1-3H3,(H,29,34)(H,30,33). The van der Waals surface area contributed by atoms with E-state index in [4.69, 9.17) is 0 Å². The minimum atomic E-state index is -0.609. The first-order valence-electron chi connectivity index (χ1n) is 11.7. The third-order valence-electron chi connectivity index (χ3n) is 5.66. The van der Waals surface area contributed by atoms with Crippen molar-refractivity contribution in [2.75, 3.05) is 5.32 Å². The molecule has 184 valence electrons. The lowest BCUT2D eigenvalue weighted by atomic mass is 10.1. The van der Waals surface area contributed by atoms with Crippen LogP contribution in [-0.4, -0.2) is 27.0 Å². The Morgan fingerprint density at radius 3 is 2.31 bits per heavy atom. The summed E-state index contributed by atoms with van der Waals surface area (Å²) >= 11 is 0. The highest BCUT2D eigenvalue weighted by Gasteiger charge is 2.17.